The van der Waals surface area contributed by atoms with E-state index in [9.17, 15) is 4.79 Å². The standard InChI is InChI=1S/C15H17ClN4O/c1-9-6-10(7-14(16)18-9)15(21)19-12-4-3-5-13-11(12)8-17-20(13)2/h6-8,12H,3-5H2,1-2H3,(H,19,21). The van der Waals surface area contributed by atoms with Crippen molar-refractivity contribution in [2.45, 2.75) is 32.2 Å². The summed E-state index contributed by atoms with van der Waals surface area (Å²) in [5, 5.41) is 7.71. The van der Waals surface area contributed by atoms with Crippen LogP contribution in [0.5, 0.6) is 0 Å². The van der Waals surface area contributed by atoms with E-state index in [0.717, 1.165) is 30.5 Å². The molecule has 0 radical (unpaired) electrons. The molecule has 2 aromatic heterocycles. The quantitative estimate of drug-likeness (QED) is 0.868. The van der Waals surface area contributed by atoms with Crippen molar-refractivity contribution in [1.82, 2.24) is 20.1 Å². The zero-order chi connectivity index (χ0) is 15.0. The molecule has 2 aromatic rings. The topological polar surface area (TPSA) is 59.8 Å². The molecule has 1 unspecified atom stereocenters. The number of hydrogen-bond donors (Lipinski definition) is 1. The smallest absolute Gasteiger partial charge is 0.251 e. The Hall–Kier alpha value is -1.88. The molecule has 2 heterocycles. The van der Waals surface area contributed by atoms with Gasteiger partial charge in [0, 0.05) is 29.6 Å². The Labute approximate surface area is 128 Å². The van der Waals surface area contributed by atoms with Gasteiger partial charge in [-0.2, -0.15) is 5.10 Å². The minimum atomic E-state index is -0.121. The van der Waals surface area contributed by atoms with Gasteiger partial charge in [-0.1, -0.05) is 11.6 Å². The van der Waals surface area contributed by atoms with Crippen LogP contribution in [0.1, 0.15) is 46.2 Å². The van der Waals surface area contributed by atoms with E-state index in [1.54, 1.807) is 12.1 Å². The number of nitrogens with zero attached hydrogens (tertiary/aromatic N) is 3. The highest BCUT2D eigenvalue weighted by Gasteiger charge is 2.25. The third-order valence-corrected chi connectivity index (χ3v) is 4.06. The summed E-state index contributed by atoms with van der Waals surface area (Å²) in [6, 6.07) is 3.35. The second-order valence-electron chi connectivity index (χ2n) is 5.41. The number of rotatable bonds is 2. The molecule has 110 valence electrons. The fraction of sp³-hybridized carbons (Fsp3) is 0.400. The summed E-state index contributed by atoms with van der Waals surface area (Å²) >= 11 is 5.92. The summed E-state index contributed by atoms with van der Waals surface area (Å²) in [7, 11) is 1.94. The van der Waals surface area contributed by atoms with Crippen LogP contribution in [0, 0.1) is 6.92 Å². The van der Waals surface area contributed by atoms with E-state index in [4.69, 9.17) is 11.6 Å². The number of hydrogen-bond acceptors (Lipinski definition) is 3. The molecule has 3 rings (SSSR count). The molecule has 0 saturated heterocycles. The van der Waals surface area contributed by atoms with Crippen molar-refractivity contribution in [3.8, 4) is 0 Å². The summed E-state index contributed by atoms with van der Waals surface area (Å²) in [6.45, 7) is 1.82. The third-order valence-electron chi connectivity index (χ3n) is 3.87. The van der Waals surface area contributed by atoms with Crippen molar-refractivity contribution < 1.29 is 4.79 Å². The third kappa shape index (κ3) is 2.78. The lowest BCUT2D eigenvalue weighted by molar-refractivity contribution is 0.0932. The Bertz CT molecular complexity index is 675. The van der Waals surface area contributed by atoms with Gasteiger partial charge in [0.2, 0.25) is 0 Å². The molecule has 0 bridgehead atoms. The number of pyridine rings is 1. The molecule has 21 heavy (non-hydrogen) atoms. The van der Waals surface area contributed by atoms with Crippen molar-refractivity contribution >= 4 is 17.5 Å². The largest absolute Gasteiger partial charge is 0.345 e. The van der Waals surface area contributed by atoms with Crippen molar-refractivity contribution in [2.75, 3.05) is 0 Å². The van der Waals surface area contributed by atoms with Gasteiger partial charge >= 0.3 is 0 Å². The van der Waals surface area contributed by atoms with Crippen molar-refractivity contribution in [1.29, 1.82) is 0 Å². The van der Waals surface area contributed by atoms with Gasteiger partial charge in [-0.05, 0) is 38.3 Å². The van der Waals surface area contributed by atoms with E-state index in [0.29, 0.717) is 10.7 Å². The van der Waals surface area contributed by atoms with E-state index in [-0.39, 0.29) is 11.9 Å². The molecule has 0 spiro atoms. The molecular weight excluding hydrogens is 288 g/mol. The van der Waals surface area contributed by atoms with Gasteiger partial charge in [0.1, 0.15) is 5.15 Å². The monoisotopic (exact) mass is 304 g/mol. The highest BCUT2D eigenvalue weighted by molar-refractivity contribution is 6.29. The lowest BCUT2D eigenvalue weighted by Crippen LogP contribution is -2.31. The Morgan fingerprint density at radius 2 is 2.29 bits per heavy atom. The molecule has 5 nitrogen and oxygen atoms in total. The molecule has 0 aromatic carbocycles. The van der Waals surface area contributed by atoms with Crippen molar-refractivity contribution in [3.63, 3.8) is 0 Å². The first-order chi connectivity index (χ1) is 10.0. The predicted molar refractivity (Wildman–Crippen MR) is 80.3 cm³/mol. The molecule has 1 aliphatic rings. The molecule has 0 fully saturated rings. The number of carbonyl (C=O) groups is 1. The van der Waals surface area contributed by atoms with Crippen LogP contribution in [-0.2, 0) is 13.5 Å². The molecule has 1 atom stereocenters. The summed E-state index contributed by atoms with van der Waals surface area (Å²) in [4.78, 5) is 16.5. The van der Waals surface area contributed by atoms with Crippen LogP contribution in [0.25, 0.3) is 0 Å². The van der Waals surface area contributed by atoms with Gasteiger partial charge in [0.25, 0.3) is 5.91 Å². The lowest BCUT2D eigenvalue weighted by atomic mass is 9.93. The maximum atomic E-state index is 12.4. The number of aryl methyl sites for hydroxylation is 2. The highest BCUT2D eigenvalue weighted by atomic mass is 35.5. The predicted octanol–water partition coefficient (Wildman–Crippen LogP) is 2.58. The maximum Gasteiger partial charge on any atom is 0.251 e. The maximum absolute atomic E-state index is 12.4. The molecule has 0 saturated carbocycles. The Morgan fingerprint density at radius 1 is 1.48 bits per heavy atom. The molecular formula is C15H17ClN4O. The van der Waals surface area contributed by atoms with Gasteiger partial charge in [-0.3, -0.25) is 9.48 Å². The molecule has 1 aliphatic carbocycles. The van der Waals surface area contributed by atoms with Crippen LogP contribution in [-0.4, -0.2) is 20.7 Å². The van der Waals surface area contributed by atoms with E-state index in [1.807, 2.05) is 24.9 Å². The number of carbonyl (C=O) groups excluding carboxylic acids is 1. The van der Waals surface area contributed by atoms with Gasteiger partial charge < -0.3 is 5.32 Å². The first kappa shape index (κ1) is 14.1. The molecule has 1 N–H and O–H groups in total. The van der Waals surface area contributed by atoms with Gasteiger partial charge in [0.05, 0.1) is 12.2 Å². The van der Waals surface area contributed by atoms with Crippen LogP contribution in [0.15, 0.2) is 18.3 Å². The average molecular weight is 305 g/mol. The lowest BCUT2D eigenvalue weighted by Gasteiger charge is -2.23. The van der Waals surface area contributed by atoms with Crippen molar-refractivity contribution in [3.05, 3.63) is 46.0 Å². The summed E-state index contributed by atoms with van der Waals surface area (Å²) in [6.07, 6.45) is 4.85. The molecule has 0 aliphatic heterocycles. The van der Waals surface area contributed by atoms with E-state index in [1.165, 1.54) is 5.69 Å². The summed E-state index contributed by atoms with van der Waals surface area (Å²) in [5.41, 5.74) is 3.60. The fourth-order valence-electron chi connectivity index (χ4n) is 2.86. The highest BCUT2D eigenvalue weighted by Crippen LogP contribution is 2.29. The van der Waals surface area contributed by atoms with Crippen LogP contribution in [0.4, 0.5) is 0 Å². The first-order valence-electron chi connectivity index (χ1n) is 7.00. The minimum absolute atomic E-state index is 0.0159. The van der Waals surface area contributed by atoms with Crippen LogP contribution in [0.3, 0.4) is 0 Å². The number of fused-ring (bicyclic) bond motifs is 1. The normalized spacial score (nSPS) is 17.4. The SMILES string of the molecule is Cc1cc(C(=O)NC2CCCc3c2cnn3C)cc(Cl)n1. The fourth-order valence-corrected chi connectivity index (χ4v) is 3.11. The number of halogens is 1. The summed E-state index contributed by atoms with van der Waals surface area (Å²) < 4.78 is 1.89. The van der Waals surface area contributed by atoms with E-state index < -0.39 is 0 Å². The van der Waals surface area contributed by atoms with Gasteiger partial charge in [-0.25, -0.2) is 4.98 Å². The Morgan fingerprint density at radius 3 is 3.05 bits per heavy atom. The first-order valence-corrected chi connectivity index (χ1v) is 7.38. The number of nitrogens with one attached hydrogen (secondary N) is 1. The van der Waals surface area contributed by atoms with Gasteiger partial charge in [0.15, 0.2) is 0 Å². The number of amides is 1. The number of aromatic nitrogens is 3. The zero-order valence-corrected chi connectivity index (χ0v) is 12.8. The van der Waals surface area contributed by atoms with E-state index >= 15 is 0 Å². The minimum Gasteiger partial charge on any atom is -0.345 e. The Balaban J connectivity index is 1.82. The molecule has 1 amide bonds. The van der Waals surface area contributed by atoms with Crippen LogP contribution in [0.2, 0.25) is 5.15 Å². The molecule has 6 heteroatoms. The summed E-state index contributed by atoms with van der Waals surface area (Å²) in [5.74, 6) is -0.121. The average Bonchev–Trinajstić information content (AvgIpc) is 2.81. The van der Waals surface area contributed by atoms with Crippen molar-refractivity contribution in [2.24, 2.45) is 7.05 Å². The van der Waals surface area contributed by atoms with Crippen LogP contribution < -0.4 is 5.32 Å². The van der Waals surface area contributed by atoms with E-state index in [2.05, 4.69) is 15.4 Å². The zero-order valence-electron chi connectivity index (χ0n) is 12.1. The van der Waals surface area contributed by atoms with Crippen LogP contribution >= 0.6 is 11.6 Å². The second-order valence-corrected chi connectivity index (χ2v) is 5.80. The Kier molecular flexibility index (Phi) is 3.68. The van der Waals surface area contributed by atoms with Gasteiger partial charge in [-0.15, -0.1) is 0 Å². The second kappa shape index (κ2) is 5.48.